The predicted molar refractivity (Wildman–Crippen MR) is 102 cm³/mol. The Hall–Kier alpha value is -2.65. The number of ether oxygens (including phenoxy) is 1. The van der Waals surface area contributed by atoms with Crippen LogP contribution in [0.4, 0.5) is 5.00 Å². The lowest BCUT2D eigenvalue weighted by Gasteiger charge is -2.17. The van der Waals surface area contributed by atoms with Crippen LogP contribution in [0.3, 0.4) is 0 Å². The summed E-state index contributed by atoms with van der Waals surface area (Å²) in [5, 5.41) is 12.3. The Morgan fingerprint density at radius 2 is 1.96 bits per heavy atom. The minimum Gasteiger partial charge on any atom is -0.457 e. The fraction of sp³-hybridized carbons (Fsp3) is 0.350. The van der Waals surface area contributed by atoms with Gasteiger partial charge in [-0.25, -0.2) is 4.79 Å². The maximum absolute atomic E-state index is 12.6. The molecule has 136 valence electrons. The van der Waals surface area contributed by atoms with Gasteiger partial charge in [-0.2, -0.15) is 5.26 Å². The number of thiophene rings is 1. The van der Waals surface area contributed by atoms with Crippen molar-refractivity contribution in [2.75, 3.05) is 5.32 Å². The normalized spacial score (nSPS) is 10.9. The van der Waals surface area contributed by atoms with Gasteiger partial charge in [-0.1, -0.05) is 32.9 Å². The van der Waals surface area contributed by atoms with E-state index in [9.17, 15) is 9.59 Å². The number of benzene rings is 1. The minimum absolute atomic E-state index is 0.0648. The molecule has 0 atom stereocenters. The lowest BCUT2D eigenvalue weighted by Crippen LogP contribution is -2.28. The number of hydrogen-bond donors (Lipinski definition) is 1. The van der Waals surface area contributed by atoms with E-state index in [4.69, 9.17) is 10.00 Å². The fourth-order valence-corrected chi connectivity index (χ4v) is 3.25. The van der Waals surface area contributed by atoms with Gasteiger partial charge in [-0.15, -0.1) is 11.3 Å². The van der Waals surface area contributed by atoms with Crippen molar-refractivity contribution in [1.29, 1.82) is 5.26 Å². The van der Waals surface area contributed by atoms with Gasteiger partial charge in [0, 0.05) is 10.3 Å². The molecular weight excluding hydrogens is 348 g/mol. The van der Waals surface area contributed by atoms with Crippen LogP contribution in [0.1, 0.15) is 52.7 Å². The molecule has 1 aromatic heterocycles. The average Bonchev–Trinajstić information content (AvgIpc) is 2.86. The second-order valence-corrected chi connectivity index (χ2v) is 8.30. The van der Waals surface area contributed by atoms with Crippen LogP contribution in [0.5, 0.6) is 0 Å². The first-order chi connectivity index (χ1) is 12.1. The van der Waals surface area contributed by atoms with Crippen molar-refractivity contribution in [1.82, 2.24) is 0 Å². The summed E-state index contributed by atoms with van der Waals surface area (Å²) in [4.78, 5) is 25.9. The van der Waals surface area contributed by atoms with E-state index in [1.165, 1.54) is 11.3 Å². The van der Waals surface area contributed by atoms with Crippen LogP contribution in [0.15, 0.2) is 24.3 Å². The number of hydrogen-bond acceptors (Lipinski definition) is 5. The summed E-state index contributed by atoms with van der Waals surface area (Å²) in [7, 11) is 0. The van der Waals surface area contributed by atoms with Crippen molar-refractivity contribution in [2.45, 2.75) is 41.2 Å². The van der Waals surface area contributed by atoms with Gasteiger partial charge < -0.3 is 10.1 Å². The summed E-state index contributed by atoms with van der Waals surface area (Å²) in [5.41, 5.74) is 1.88. The van der Waals surface area contributed by atoms with Gasteiger partial charge in [0.25, 0.3) is 0 Å². The van der Waals surface area contributed by atoms with E-state index >= 15 is 0 Å². The van der Waals surface area contributed by atoms with Gasteiger partial charge in [-0.05, 0) is 37.1 Å². The Morgan fingerprint density at radius 3 is 2.58 bits per heavy atom. The van der Waals surface area contributed by atoms with Crippen molar-refractivity contribution in [3.8, 4) is 6.07 Å². The Labute approximate surface area is 157 Å². The molecule has 1 N–H and O–H groups in total. The molecule has 0 bridgehead atoms. The molecular formula is C20H22N2O3S. The molecule has 1 heterocycles. The third-order valence-corrected chi connectivity index (χ3v) is 5.05. The van der Waals surface area contributed by atoms with E-state index in [0.717, 1.165) is 16.0 Å². The molecule has 0 fully saturated rings. The van der Waals surface area contributed by atoms with Crippen LogP contribution in [0, 0.1) is 30.6 Å². The number of aryl methyl sites for hydroxylation is 1. The van der Waals surface area contributed by atoms with Gasteiger partial charge in [0.05, 0.1) is 17.2 Å². The van der Waals surface area contributed by atoms with Crippen molar-refractivity contribution < 1.29 is 14.3 Å². The summed E-state index contributed by atoms with van der Waals surface area (Å²) in [5.74, 6) is -0.645. The topological polar surface area (TPSA) is 79.2 Å². The number of carbonyl (C=O) groups excluding carboxylic acids is 2. The molecule has 0 aliphatic rings. The second kappa shape index (κ2) is 7.71. The average molecular weight is 370 g/mol. The smallest absolute Gasteiger partial charge is 0.341 e. The molecule has 2 aromatic rings. The first-order valence-corrected chi connectivity index (χ1v) is 9.02. The van der Waals surface area contributed by atoms with Gasteiger partial charge in [0.2, 0.25) is 5.91 Å². The number of esters is 1. The third kappa shape index (κ3) is 4.50. The van der Waals surface area contributed by atoms with E-state index in [1.54, 1.807) is 24.3 Å². The zero-order valence-corrected chi connectivity index (χ0v) is 16.4. The summed E-state index contributed by atoms with van der Waals surface area (Å²) in [6.45, 7) is 9.25. The van der Waals surface area contributed by atoms with E-state index in [0.29, 0.717) is 16.1 Å². The minimum atomic E-state index is -0.565. The molecule has 1 amide bonds. The lowest BCUT2D eigenvalue weighted by atomic mass is 9.96. The Balaban J connectivity index is 2.20. The molecule has 5 nitrogen and oxygen atoms in total. The van der Waals surface area contributed by atoms with Gasteiger partial charge in [0.1, 0.15) is 11.6 Å². The highest BCUT2D eigenvalue weighted by Gasteiger charge is 2.27. The molecule has 0 saturated heterocycles. The quantitative estimate of drug-likeness (QED) is 0.799. The first kappa shape index (κ1) is 19.7. The van der Waals surface area contributed by atoms with Crippen LogP contribution >= 0.6 is 11.3 Å². The maximum atomic E-state index is 12.6. The summed E-state index contributed by atoms with van der Waals surface area (Å²) in [6, 6.07) is 8.97. The highest BCUT2D eigenvalue weighted by atomic mass is 32.1. The SMILES string of the molecule is Cc1sc(NC(=O)C(C)(C)C)c(C(=O)OCc2cccc(C#N)c2)c1C. The molecule has 0 unspecified atom stereocenters. The number of rotatable bonds is 4. The standard InChI is InChI=1S/C20H22N2O3S/c1-12-13(2)26-17(22-19(24)20(3,4)5)16(12)18(23)25-11-15-8-6-7-14(9-15)10-21/h6-9H,11H2,1-5H3,(H,22,24). The summed E-state index contributed by atoms with van der Waals surface area (Å²) in [6.07, 6.45) is 0. The molecule has 0 spiro atoms. The molecule has 1 aromatic carbocycles. The highest BCUT2D eigenvalue weighted by Crippen LogP contribution is 2.34. The van der Waals surface area contributed by atoms with Crippen LogP contribution < -0.4 is 5.32 Å². The van der Waals surface area contributed by atoms with Crippen molar-refractivity contribution >= 4 is 28.2 Å². The maximum Gasteiger partial charge on any atom is 0.341 e. The predicted octanol–water partition coefficient (Wildman–Crippen LogP) is 4.58. The van der Waals surface area contributed by atoms with Crippen LogP contribution in [-0.4, -0.2) is 11.9 Å². The van der Waals surface area contributed by atoms with Crippen molar-refractivity contribution in [3.63, 3.8) is 0 Å². The van der Waals surface area contributed by atoms with Crippen molar-refractivity contribution in [3.05, 3.63) is 51.4 Å². The molecule has 6 heteroatoms. The van der Waals surface area contributed by atoms with E-state index in [2.05, 4.69) is 11.4 Å². The lowest BCUT2D eigenvalue weighted by molar-refractivity contribution is -0.123. The Morgan fingerprint density at radius 1 is 1.27 bits per heavy atom. The number of nitriles is 1. The first-order valence-electron chi connectivity index (χ1n) is 8.21. The fourth-order valence-electron chi connectivity index (χ4n) is 2.20. The molecule has 26 heavy (non-hydrogen) atoms. The largest absolute Gasteiger partial charge is 0.457 e. The highest BCUT2D eigenvalue weighted by molar-refractivity contribution is 7.16. The van der Waals surface area contributed by atoms with Gasteiger partial charge in [-0.3, -0.25) is 4.79 Å². The van der Waals surface area contributed by atoms with Gasteiger partial charge in [0.15, 0.2) is 0 Å². The van der Waals surface area contributed by atoms with Crippen LogP contribution in [0.2, 0.25) is 0 Å². The monoisotopic (exact) mass is 370 g/mol. The zero-order valence-electron chi connectivity index (χ0n) is 15.6. The number of nitrogens with zero attached hydrogens (tertiary/aromatic N) is 1. The van der Waals surface area contributed by atoms with E-state index in [1.807, 2.05) is 34.6 Å². The number of amides is 1. The van der Waals surface area contributed by atoms with Crippen molar-refractivity contribution in [2.24, 2.45) is 5.41 Å². The molecule has 0 aliphatic heterocycles. The molecule has 2 rings (SSSR count). The number of nitrogens with one attached hydrogen (secondary N) is 1. The second-order valence-electron chi connectivity index (χ2n) is 7.08. The summed E-state index contributed by atoms with van der Waals surface area (Å²) < 4.78 is 5.42. The van der Waals surface area contributed by atoms with E-state index in [-0.39, 0.29) is 12.5 Å². The third-order valence-electron chi connectivity index (χ3n) is 3.92. The Kier molecular flexibility index (Phi) is 5.83. The molecule has 0 radical (unpaired) electrons. The molecule has 0 aliphatic carbocycles. The van der Waals surface area contributed by atoms with Crippen LogP contribution in [0.25, 0.3) is 0 Å². The molecule has 0 saturated carbocycles. The Bertz CT molecular complexity index is 885. The summed E-state index contributed by atoms with van der Waals surface area (Å²) >= 11 is 1.37. The van der Waals surface area contributed by atoms with Gasteiger partial charge >= 0.3 is 5.97 Å². The zero-order chi connectivity index (χ0) is 19.5. The number of anilines is 1. The van der Waals surface area contributed by atoms with E-state index < -0.39 is 11.4 Å². The van der Waals surface area contributed by atoms with Crippen LogP contribution in [-0.2, 0) is 16.1 Å². The number of carbonyl (C=O) groups is 2.